The van der Waals surface area contributed by atoms with E-state index in [0.717, 1.165) is 23.0 Å². The molecule has 0 radical (unpaired) electrons. The molecule has 144 valence electrons. The van der Waals surface area contributed by atoms with Crippen molar-refractivity contribution >= 4 is 11.6 Å². The number of nitrogens with one attached hydrogen (secondary N) is 1. The highest BCUT2D eigenvalue weighted by molar-refractivity contribution is 5.92. The Morgan fingerprint density at radius 2 is 1.89 bits per heavy atom. The molecule has 1 amide bonds. The normalized spacial score (nSPS) is 16.6. The fourth-order valence-electron chi connectivity index (χ4n) is 3.70. The van der Waals surface area contributed by atoms with Gasteiger partial charge in [0.05, 0.1) is 12.6 Å². The Bertz CT molecular complexity index is 997. The fraction of sp³-hybridized carbons (Fsp3) is 0.227. The summed E-state index contributed by atoms with van der Waals surface area (Å²) in [5.41, 5.74) is 3.09. The zero-order valence-electron chi connectivity index (χ0n) is 15.5. The van der Waals surface area contributed by atoms with Gasteiger partial charge >= 0.3 is 0 Å². The van der Waals surface area contributed by atoms with Crippen LogP contribution in [0.2, 0.25) is 0 Å². The van der Waals surface area contributed by atoms with Gasteiger partial charge in [-0.15, -0.1) is 0 Å². The molecule has 6 heteroatoms. The molecule has 2 heterocycles. The van der Waals surface area contributed by atoms with Crippen molar-refractivity contribution in [2.24, 2.45) is 0 Å². The first-order chi connectivity index (χ1) is 13.5. The number of anilines is 1. The highest BCUT2D eigenvalue weighted by Gasteiger charge is 2.32. The quantitative estimate of drug-likeness (QED) is 0.738. The molecule has 28 heavy (non-hydrogen) atoms. The molecule has 1 aliphatic rings. The van der Waals surface area contributed by atoms with Gasteiger partial charge in [0.1, 0.15) is 11.6 Å². The van der Waals surface area contributed by atoms with Crippen LogP contribution in [0.25, 0.3) is 0 Å². The number of aromatic nitrogens is 1. The van der Waals surface area contributed by atoms with Crippen molar-refractivity contribution in [1.29, 1.82) is 0 Å². The lowest BCUT2D eigenvalue weighted by molar-refractivity contribution is -0.118. The lowest BCUT2D eigenvalue weighted by Gasteiger charge is -2.37. The maximum absolute atomic E-state index is 14.6. The number of fused-ring (bicyclic) bond motifs is 1. The molecule has 1 unspecified atom stereocenters. The van der Waals surface area contributed by atoms with Gasteiger partial charge in [0.2, 0.25) is 5.91 Å². The van der Waals surface area contributed by atoms with E-state index in [2.05, 4.69) is 5.32 Å². The summed E-state index contributed by atoms with van der Waals surface area (Å²) in [6.45, 7) is 3.39. The Morgan fingerprint density at radius 1 is 1.11 bits per heavy atom. The van der Waals surface area contributed by atoms with E-state index in [9.17, 15) is 13.6 Å². The van der Waals surface area contributed by atoms with Crippen molar-refractivity contribution in [1.82, 2.24) is 9.47 Å². The van der Waals surface area contributed by atoms with Crippen molar-refractivity contribution in [3.63, 3.8) is 0 Å². The second-order valence-electron chi connectivity index (χ2n) is 7.08. The van der Waals surface area contributed by atoms with E-state index in [1.165, 1.54) is 12.1 Å². The predicted molar refractivity (Wildman–Crippen MR) is 104 cm³/mol. The van der Waals surface area contributed by atoms with Gasteiger partial charge in [-0.1, -0.05) is 23.8 Å². The summed E-state index contributed by atoms with van der Waals surface area (Å²) in [6, 6.07) is 14.5. The molecule has 1 aromatic heterocycles. The van der Waals surface area contributed by atoms with Crippen LogP contribution in [0.1, 0.15) is 22.9 Å². The van der Waals surface area contributed by atoms with Crippen LogP contribution in [0.15, 0.2) is 60.8 Å². The van der Waals surface area contributed by atoms with E-state index in [1.807, 2.05) is 59.0 Å². The fourth-order valence-corrected chi connectivity index (χ4v) is 3.70. The summed E-state index contributed by atoms with van der Waals surface area (Å²) >= 11 is 0. The van der Waals surface area contributed by atoms with Crippen LogP contribution >= 0.6 is 0 Å². The SMILES string of the molecule is Cc1ccc(NC(=O)CN2CCn3cccc3C2c2ccc(F)cc2F)cc1. The molecule has 0 bridgehead atoms. The summed E-state index contributed by atoms with van der Waals surface area (Å²) in [4.78, 5) is 14.5. The van der Waals surface area contributed by atoms with Crippen molar-refractivity contribution in [3.05, 3.63) is 89.2 Å². The number of hydrogen-bond acceptors (Lipinski definition) is 2. The van der Waals surface area contributed by atoms with Gasteiger partial charge in [-0.2, -0.15) is 0 Å². The topological polar surface area (TPSA) is 37.3 Å². The van der Waals surface area contributed by atoms with Crippen LogP contribution in [0.5, 0.6) is 0 Å². The van der Waals surface area contributed by atoms with E-state index >= 15 is 0 Å². The Morgan fingerprint density at radius 3 is 2.64 bits per heavy atom. The zero-order valence-corrected chi connectivity index (χ0v) is 15.5. The maximum atomic E-state index is 14.6. The number of benzene rings is 2. The number of amides is 1. The Labute approximate surface area is 162 Å². The number of carbonyl (C=O) groups is 1. The van der Waals surface area contributed by atoms with Gasteiger partial charge in [0.15, 0.2) is 0 Å². The second kappa shape index (κ2) is 7.56. The van der Waals surface area contributed by atoms with Crippen LogP contribution < -0.4 is 5.32 Å². The first kappa shape index (κ1) is 18.4. The molecule has 0 fully saturated rings. The standard InChI is InChI=1S/C22H21F2N3O/c1-15-4-7-17(8-5-15)25-21(28)14-27-12-11-26-10-2-3-20(26)22(27)18-9-6-16(23)13-19(18)24/h2-10,13,22H,11-12,14H2,1H3,(H,25,28). The molecule has 0 saturated carbocycles. The minimum Gasteiger partial charge on any atom is -0.348 e. The highest BCUT2D eigenvalue weighted by atomic mass is 19.1. The molecule has 3 aromatic rings. The third-order valence-corrected chi connectivity index (χ3v) is 5.08. The van der Waals surface area contributed by atoms with Crippen molar-refractivity contribution in [2.45, 2.75) is 19.5 Å². The number of carbonyl (C=O) groups excluding carboxylic acids is 1. The minimum absolute atomic E-state index is 0.112. The summed E-state index contributed by atoms with van der Waals surface area (Å²) < 4.78 is 30.0. The summed E-state index contributed by atoms with van der Waals surface area (Å²) in [5, 5.41) is 2.89. The summed E-state index contributed by atoms with van der Waals surface area (Å²) in [6.07, 6.45) is 1.94. The number of hydrogen-bond donors (Lipinski definition) is 1. The van der Waals surface area contributed by atoms with Crippen LogP contribution in [0.3, 0.4) is 0 Å². The molecular formula is C22H21F2N3O. The summed E-state index contributed by atoms with van der Waals surface area (Å²) in [5.74, 6) is -1.39. The summed E-state index contributed by atoms with van der Waals surface area (Å²) in [7, 11) is 0. The minimum atomic E-state index is -0.615. The van der Waals surface area contributed by atoms with Gasteiger partial charge in [-0.3, -0.25) is 9.69 Å². The van der Waals surface area contributed by atoms with Gasteiger partial charge < -0.3 is 9.88 Å². The molecule has 2 aromatic carbocycles. The van der Waals surface area contributed by atoms with Gasteiger partial charge in [0.25, 0.3) is 0 Å². The molecule has 4 rings (SSSR count). The van der Waals surface area contributed by atoms with Crippen LogP contribution in [-0.4, -0.2) is 28.5 Å². The molecule has 0 spiro atoms. The molecule has 1 aliphatic heterocycles. The van der Waals surface area contributed by atoms with E-state index in [4.69, 9.17) is 0 Å². The van der Waals surface area contributed by atoms with Crippen molar-refractivity contribution < 1.29 is 13.6 Å². The van der Waals surface area contributed by atoms with Crippen LogP contribution in [-0.2, 0) is 11.3 Å². The van der Waals surface area contributed by atoms with Gasteiger partial charge in [-0.25, -0.2) is 8.78 Å². The zero-order chi connectivity index (χ0) is 19.7. The average Bonchev–Trinajstić information content (AvgIpc) is 3.13. The van der Waals surface area contributed by atoms with Gasteiger partial charge in [-0.05, 0) is 37.3 Å². The maximum Gasteiger partial charge on any atom is 0.238 e. The predicted octanol–water partition coefficient (Wildman–Crippen LogP) is 4.12. The van der Waals surface area contributed by atoms with E-state index in [-0.39, 0.29) is 12.5 Å². The monoisotopic (exact) mass is 381 g/mol. The van der Waals surface area contributed by atoms with Crippen LogP contribution in [0.4, 0.5) is 14.5 Å². The Hall–Kier alpha value is -2.99. The Balaban J connectivity index is 1.59. The van der Waals surface area contributed by atoms with Crippen LogP contribution in [0, 0.1) is 18.6 Å². The third kappa shape index (κ3) is 3.68. The smallest absolute Gasteiger partial charge is 0.238 e. The largest absolute Gasteiger partial charge is 0.348 e. The molecule has 0 saturated heterocycles. The molecule has 1 N–H and O–H groups in total. The van der Waals surface area contributed by atoms with Crippen molar-refractivity contribution in [3.8, 4) is 0 Å². The van der Waals surface area contributed by atoms with Crippen molar-refractivity contribution in [2.75, 3.05) is 18.4 Å². The lowest BCUT2D eigenvalue weighted by Crippen LogP contribution is -2.43. The van der Waals surface area contributed by atoms with Gasteiger partial charge in [0, 0.05) is 42.3 Å². The lowest BCUT2D eigenvalue weighted by atomic mass is 9.99. The first-order valence-corrected chi connectivity index (χ1v) is 9.22. The number of rotatable bonds is 4. The second-order valence-corrected chi connectivity index (χ2v) is 7.08. The molecular weight excluding hydrogens is 360 g/mol. The number of aryl methyl sites for hydroxylation is 1. The third-order valence-electron chi connectivity index (χ3n) is 5.08. The highest BCUT2D eigenvalue weighted by Crippen LogP contribution is 2.33. The van der Waals surface area contributed by atoms with E-state index in [1.54, 1.807) is 0 Å². The van der Waals surface area contributed by atoms with E-state index in [0.29, 0.717) is 18.7 Å². The molecule has 0 aliphatic carbocycles. The average molecular weight is 381 g/mol. The Kier molecular flexibility index (Phi) is 4.96. The molecule has 4 nitrogen and oxygen atoms in total. The first-order valence-electron chi connectivity index (χ1n) is 9.22. The molecule has 1 atom stereocenters. The number of halogens is 2. The number of nitrogens with zero attached hydrogens (tertiary/aromatic N) is 2. The van der Waals surface area contributed by atoms with E-state index < -0.39 is 17.7 Å².